The van der Waals surface area contributed by atoms with Crippen LogP contribution in [-0.2, 0) is 10.0 Å². The number of halogens is 1. The number of hydrogen-bond acceptors (Lipinski definition) is 4. The number of nitrogens with zero attached hydrogens (tertiary/aromatic N) is 1. The van der Waals surface area contributed by atoms with E-state index in [1.54, 1.807) is 24.3 Å². The highest BCUT2D eigenvalue weighted by Gasteiger charge is 2.15. The number of hydrogen-bond donors (Lipinski definition) is 2. The Morgan fingerprint density at radius 1 is 0.857 bits per heavy atom. The zero-order valence-electron chi connectivity index (χ0n) is 14.4. The van der Waals surface area contributed by atoms with Gasteiger partial charge in [-0.05, 0) is 72.8 Å². The number of amides is 1. The van der Waals surface area contributed by atoms with E-state index in [-0.39, 0.29) is 16.1 Å². The van der Waals surface area contributed by atoms with Crippen molar-refractivity contribution in [2.45, 2.75) is 4.90 Å². The topological polar surface area (TPSA) is 99.1 Å². The maximum atomic E-state index is 12.9. The van der Waals surface area contributed by atoms with E-state index in [0.29, 0.717) is 11.3 Å². The second-order valence-corrected chi connectivity index (χ2v) is 7.46. The monoisotopic (exact) mass is 395 g/mol. The molecule has 0 radical (unpaired) electrons. The van der Waals surface area contributed by atoms with Crippen LogP contribution in [0.25, 0.3) is 0 Å². The highest BCUT2D eigenvalue weighted by molar-refractivity contribution is 7.92. The van der Waals surface area contributed by atoms with E-state index < -0.39 is 21.7 Å². The van der Waals surface area contributed by atoms with Gasteiger partial charge in [-0.3, -0.25) is 9.52 Å². The van der Waals surface area contributed by atoms with Gasteiger partial charge in [-0.15, -0.1) is 0 Å². The summed E-state index contributed by atoms with van der Waals surface area (Å²) in [7, 11) is -3.87. The summed E-state index contributed by atoms with van der Waals surface area (Å²) in [6.45, 7) is 0. The second kappa shape index (κ2) is 7.90. The maximum Gasteiger partial charge on any atom is 0.261 e. The molecule has 0 spiro atoms. The molecule has 3 aromatic carbocycles. The molecule has 0 aliphatic heterocycles. The van der Waals surface area contributed by atoms with Gasteiger partial charge in [0.1, 0.15) is 5.82 Å². The summed E-state index contributed by atoms with van der Waals surface area (Å²) in [4.78, 5) is 12.2. The lowest BCUT2D eigenvalue weighted by molar-refractivity contribution is 0.102. The predicted octanol–water partition coefficient (Wildman–Crippen LogP) is 3.75. The summed E-state index contributed by atoms with van der Waals surface area (Å²) < 4.78 is 40.0. The molecule has 0 aromatic heterocycles. The van der Waals surface area contributed by atoms with Crippen LogP contribution in [0.1, 0.15) is 15.9 Å². The smallest absolute Gasteiger partial charge is 0.261 e. The lowest BCUT2D eigenvalue weighted by Gasteiger charge is -2.09. The average molecular weight is 395 g/mol. The van der Waals surface area contributed by atoms with Crippen molar-refractivity contribution in [1.82, 2.24) is 0 Å². The van der Waals surface area contributed by atoms with Gasteiger partial charge in [0.2, 0.25) is 0 Å². The van der Waals surface area contributed by atoms with Gasteiger partial charge in [-0.1, -0.05) is 0 Å². The molecule has 0 aliphatic carbocycles. The minimum atomic E-state index is -3.87. The minimum Gasteiger partial charge on any atom is -0.322 e. The van der Waals surface area contributed by atoms with Gasteiger partial charge >= 0.3 is 0 Å². The largest absolute Gasteiger partial charge is 0.322 e. The first-order valence-corrected chi connectivity index (χ1v) is 9.56. The van der Waals surface area contributed by atoms with Crippen molar-refractivity contribution in [2.75, 3.05) is 10.0 Å². The second-order valence-electron chi connectivity index (χ2n) is 5.78. The van der Waals surface area contributed by atoms with Crippen molar-refractivity contribution in [3.63, 3.8) is 0 Å². The van der Waals surface area contributed by atoms with Crippen LogP contribution in [0.2, 0.25) is 0 Å². The fourth-order valence-electron chi connectivity index (χ4n) is 2.35. The molecule has 140 valence electrons. The minimum absolute atomic E-state index is 0.0354. The van der Waals surface area contributed by atoms with E-state index in [4.69, 9.17) is 5.26 Å². The molecule has 0 aliphatic rings. The normalized spacial score (nSPS) is 10.7. The molecule has 8 heteroatoms. The van der Waals surface area contributed by atoms with E-state index in [9.17, 15) is 17.6 Å². The molecule has 1 amide bonds. The Balaban J connectivity index is 1.71. The van der Waals surface area contributed by atoms with Gasteiger partial charge in [-0.2, -0.15) is 5.26 Å². The lowest BCUT2D eigenvalue weighted by atomic mass is 10.2. The number of carbonyl (C=O) groups excluding carboxylic acids is 1. The highest BCUT2D eigenvalue weighted by atomic mass is 32.2. The Morgan fingerprint density at radius 2 is 1.43 bits per heavy atom. The fraction of sp³-hybridized carbons (Fsp3) is 0. The van der Waals surface area contributed by atoms with Gasteiger partial charge in [-0.25, -0.2) is 12.8 Å². The van der Waals surface area contributed by atoms with E-state index >= 15 is 0 Å². The third kappa shape index (κ3) is 4.52. The molecular formula is C20H14FN3O3S. The molecule has 3 rings (SSSR count). The number of rotatable bonds is 5. The van der Waals surface area contributed by atoms with Crippen molar-refractivity contribution in [2.24, 2.45) is 0 Å². The molecule has 6 nitrogen and oxygen atoms in total. The van der Waals surface area contributed by atoms with Crippen molar-refractivity contribution < 1.29 is 17.6 Å². The fourth-order valence-corrected chi connectivity index (χ4v) is 3.41. The number of benzene rings is 3. The molecule has 0 unspecified atom stereocenters. The number of carbonyl (C=O) groups is 1. The summed E-state index contributed by atoms with van der Waals surface area (Å²) in [6, 6.07) is 18.6. The summed E-state index contributed by atoms with van der Waals surface area (Å²) >= 11 is 0. The zero-order chi connectivity index (χ0) is 20.1. The summed E-state index contributed by atoms with van der Waals surface area (Å²) in [5, 5.41) is 11.4. The van der Waals surface area contributed by atoms with Crippen LogP contribution >= 0.6 is 0 Å². The molecular weight excluding hydrogens is 381 g/mol. The third-order valence-corrected chi connectivity index (χ3v) is 5.19. The van der Waals surface area contributed by atoms with E-state index in [1.807, 2.05) is 6.07 Å². The zero-order valence-corrected chi connectivity index (χ0v) is 15.2. The van der Waals surface area contributed by atoms with Crippen molar-refractivity contribution in [3.05, 3.63) is 89.7 Å². The van der Waals surface area contributed by atoms with Crippen LogP contribution in [0.3, 0.4) is 0 Å². The van der Waals surface area contributed by atoms with Gasteiger partial charge in [0, 0.05) is 16.9 Å². The Hall–Kier alpha value is -3.70. The summed E-state index contributed by atoms with van der Waals surface area (Å²) in [5.41, 5.74) is 1.48. The number of nitrogens with one attached hydrogen (secondary N) is 2. The molecule has 2 N–H and O–H groups in total. The molecule has 0 saturated carbocycles. The highest BCUT2D eigenvalue weighted by Crippen LogP contribution is 2.18. The molecule has 0 heterocycles. The maximum absolute atomic E-state index is 12.9. The van der Waals surface area contributed by atoms with Gasteiger partial charge < -0.3 is 5.32 Å². The van der Waals surface area contributed by atoms with Crippen LogP contribution in [-0.4, -0.2) is 14.3 Å². The van der Waals surface area contributed by atoms with Crippen LogP contribution in [0, 0.1) is 17.1 Å². The number of anilines is 2. The van der Waals surface area contributed by atoms with E-state index in [1.165, 1.54) is 36.4 Å². The molecule has 28 heavy (non-hydrogen) atoms. The Morgan fingerprint density at radius 3 is 2.00 bits per heavy atom. The average Bonchev–Trinajstić information content (AvgIpc) is 2.70. The first-order valence-electron chi connectivity index (χ1n) is 8.07. The van der Waals surface area contributed by atoms with Gasteiger partial charge in [0.25, 0.3) is 15.9 Å². The van der Waals surface area contributed by atoms with Gasteiger partial charge in [0.15, 0.2) is 0 Å². The van der Waals surface area contributed by atoms with Crippen LogP contribution in [0.15, 0.2) is 77.7 Å². The Bertz CT molecular complexity index is 1140. The molecule has 0 fully saturated rings. The Kier molecular flexibility index (Phi) is 5.38. The third-order valence-electron chi connectivity index (χ3n) is 3.80. The van der Waals surface area contributed by atoms with Crippen molar-refractivity contribution in [1.29, 1.82) is 5.26 Å². The van der Waals surface area contributed by atoms with Crippen molar-refractivity contribution >= 4 is 27.3 Å². The SMILES string of the molecule is N#Cc1ccc(NC(=O)c2ccc(S(=O)(=O)Nc3ccc(F)cc3)cc2)cc1. The molecule has 0 bridgehead atoms. The first-order chi connectivity index (χ1) is 13.4. The number of sulfonamides is 1. The van der Waals surface area contributed by atoms with Crippen LogP contribution < -0.4 is 10.0 Å². The molecule has 0 saturated heterocycles. The van der Waals surface area contributed by atoms with Gasteiger partial charge in [0.05, 0.1) is 16.5 Å². The van der Waals surface area contributed by atoms with E-state index in [0.717, 1.165) is 12.1 Å². The van der Waals surface area contributed by atoms with E-state index in [2.05, 4.69) is 10.0 Å². The quantitative estimate of drug-likeness (QED) is 0.687. The lowest BCUT2D eigenvalue weighted by Crippen LogP contribution is -2.14. The summed E-state index contributed by atoms with van der Waals surface area (Å²) in [6.07, 6.45) is 0. The van der Waals surface area contributed by atoms with Crippen LogP contribution in [0.5, 0.6) is 0 Å². The number of nitriles is 1. The summed E-state index contributed by atoms with van der Waals surface area (Å²) in [5.74, 6) is -0.888. The Labute approximate surface area is 161 Å². The molecule has 3 aromatic rings. The standard InChI is InChI=1S/C20H14FN3O3S/c21-16-5-9-18(10-6-16)24-28(26,27)19-11-3-15(4-12-19)20(25)23-17-7-1-14(13-22)2-8-17/h1-12,24H,(H,23,25). The van der Waals surface area contributed by atoms with Crippen LogP contribution in [0.4, 0.5) is 15.8 Å². The first kappa shape index (κ1) is 19.1. The molecule has 0 atom stereocenters. The van der Waals surface area contributed by atoms with Crippen molar-refractivity contribution in [3.8, 4) is 6.07 Å². The predicted molar refractivity (Wildman–Crippen MR) is 103 cm³/mol.